The van der Waals surface area contributed by atoms with Crippen LogP contribution in [0.25, 0.3) is 0 Å². The molecular weight excluding hydrogens is 178 g/mol. The van der Waals surface area contributed by atoms with Crippen LogP contribution in [-0.4, -0.2) is 24.7 Å². The summed E-state index contributed by atoms with van der Waals surface area (Å²) in [6.07, 6.45) is 7.09. The molecule has 0 aliphatic heterocycles. The highest BCUT2D eigenvalue weighted by Gasteiger charge is 2.08. The van der Waals surface area contributed by atoms with Gasteiger partial charge in [0.2, 0.25) is 5.91 Å². The summed E-state index contributed by atoms with van der Waals surface area (Å²) in [5.74, 6) is 2.39. The molecule has 0 fully saturated rings. The van der Waals surface area contributed by atoms with Crippen molar-refractivity contribution in [3.63, 3.8) is 0 Å². The molecule has 1 unspecified atom stereocenters. The van der Waals surface area contributed by atoms with E-state index in [1.807, 2.05) is 20.8 Å². The third-order valence-electron chi connectivity index (χ3n) is 1.66. The van der Waals surface area contributed by atoms with Crippen molar-refractivity contribution in [2.24, 2.45) is 0 Å². The molecule has 1 atom stereocenters. The number of ether oxygens (including phenoxy) is 1. The standard InChI is InChI=1S/C11H19NO2/c1-5-7-10(6-2)12-11(13)8-14-9(3)4/h2,9-10H,5,7-8H2,1,3-4H3,(H,12,13). The van der Waals surface area contributed by atoms with Gasteiger partial charge in [0.25, 0.3) is 0 Å². The van der Waals surface area contributed by atoms with E-state index in [9.17, 15) is 4.79 Å². The molecule has 80 valence electrons. The van der Waals surface area contributed by atoms with Gasteiger partial charge in [-0.25, -0.2) is 0 Å². The fourth-order valence-electron chi connectivity index (χ4n) is 0.964. The summed E-state index contributed by atoms with van der Waals surface area (Å²) in [5.41, 5.74) is 0. The summed E-state index contributed by atoms with van der Waals surface area (Å²) in [6, 6.07) is -0.164. The number of rotatable bonds is 6. The van der Waals surface area contributed by atoms with E-state index >= 15 is 0 Å². The maximum Gasteiger partial charge on any atom is 0.246 e. The number of hydrogen-bond donors (Lipinski definition) is 1. The van der Waals surface area contributed by atoms with Gasteiger partial charge in [0, 0.05) is 0 Å². The van der Waals surface area contributed by atoms with Gasteiger partial charge in [0.05, 0.1) is 12.1 Å². The Labute approximate surface area is 86.2 Å². The fourth-order valence-corrected chi connectivity index (χ4v) is 0.964. The number of amides is 1. The van der Waals surface area contributed by atoms with Crippen molar-refractivity contribution in [1.82, 2.24) is 5.32 Å². The van der Waals surface area contributed by atoms with E-state index in [-0.39, 0.29) is 24.7 Å². The summed E-state index contributed by atoms with van der Waals surface area (Å²) in [6.45, 7) is 5.89. The van der Waals surface area contributed by atoms with Gasteiger partial charge in [-0.15, -0.1) is 6.42 Å². The topological polar surface area (TPSA) is 38.3 Å². The SMILES string of the molecule is C#CC(CCC)NC(=O)COC(C)C. The zero-order valence-electron chi connectivity index (χ0n) is 9.17. The van der Waals surface area contributed by atoms with E-state index in [2.05, 4.69) is 11.2 Å². The molecule has 0 bridgehead atoms. The van der Waals surface area contributed by atoms with Crippen LogP contribution in [0.15, 0.2) is 0 Å². The van der Waals surface area contributed by atoms with E-state index in [1.165, 1.54) is 0 Å². The molecule has 0 heterocycles. The van der Waals surface area contributed by atoms with Crippen molar-refractivity contribution in [2.45, 2.75) is 45.8 Å². The second kappa shape index (κ2) is 7.40. The first kappa shape index (κ1) is 13.0. The number of nitrogens with one attached hydrogen (secondary N) is 1. The van der Waals surface area contributed by atoms with Crippen LogP contribution in [-0.2, 0) is 9.53 Å². The lowest BCUT2D eigenvalue weighted by Crippen LogP contribution is -2.36. The molecule has 0 aromatic carbocycles. The molecule has 0 spiro atoms. The van der Waals surface area contributed by atoms with Gasteiger partial charge in [-0.3, -0.25) is 4.79 Å². The average Bonchev–Trinajstić information content (AvgIpc) is 2.14. The summed E-state index contributed by atoms with van der Waals surface area (Å²) in [4.78, 5) is 11.3. The molecule has 0 aromatic rings. The van der Waals surface area contributed by atoms with Gasteiger partial charge < -0.3 is 10.1 Å². The Morgan fingerprint density at radius 3 is 2.64 bits per heavy atom. The van der Waals surface area contributed by atoms with Crippen molar-refractivity contribution in [1.29, 1.82) is 0 Å². The van der Waals surface area contributed by atoms with Gasteiger partial charge in [0.15, 0.2) is 0 Å². The Morgan fingerprint density at radius 1 is 1.57 bits per heavy atom. The molecule has 1 N–H and O–H groups in total. The summed E-state index contributed by atoms with van der Waals surface area (Å²) in [7, 11) is 0. The Bertz CT molecular complexity index is 206. The molecule has 0 aromatic heterocycles. The van der Waals surface area contributed by atoms with Crippen molar-refractivity contribution in [3.8, 4) is 12.3 Å². The van der Waals surface area contributed by atoms with Gasteiger partial charge in [-0.2, -0.15) is 0 Å². The van der Waals surface area contributed by atoms with Crippen molar-refractivity contribution < 1.29 is 9.53 Å². The fraction of sp³-hybridized carbons (Fsp3) is 0.727. The van der Waals surface area contributed by atoms with E-state index in [0.29, 0.717) is 0 Å². The lowest BCUT2D eigenvalue weighted by molar-refractivity contribution is -0.127. The minimum atomic E-state index is -0.164. The molecule has 0 aliphatic carbocycles. The number of hydrogen-bond acceptors (Lipinski definition) is 2. The maximum absolute atomic E-state index is 11.3. The second-order valence-corrected chi connectivity index (χ2v) is 3.44. The lowest BCUT2D eigenvalue weighted by atomic mass is 10.2. The molecule has 0 saturated heterocycles. The smallest absolute Gasteiger partial charge is 0.246 e. The monoisotopic (exact) mass is 197 g/mol. The van der Waals surface area contributed by atoms with Crippen molar-refractivity contribution in [3.05, 3.63) is 0 Å². The van der Waals surface area contributed by atoms with Crippen LogP contribution in [0.3, 0.4) is 0 Å². The van der Waals surface area contributed by atoms with Crippen LogP contribution in [0.5, 0.6) is 0 Å². The highest BCUT2D eigenvalue weighted by molar-refractivity contribution is 5.77. The molecule has 3 nitrogen and oxygen atoms in total. The minimum Gasteiger partial charge on any atom is -0.369 e. The third kappa shape index (κ3) is 6.50. The van der Waals surface area contributed by atoms with E-state index in [0.717, 1.165) is 12.8 Å². The van der Waals surface area contributed by atoms with E-state index in [4.69, 9.17) is 11.2 Å². The summed E-state index contributed by atoms with van der Waals surface area (Å²) >= 11 is 0. The van der Waals surface area contributed by atoms with Crippen LogP contribution < -0.4 is 5.32 Å². The Hall–Kier alpha value is -1.01. The first-order valence-corrected chi connectivity index (χ1v) is 4.97. The molecule has 0 rings (SSSR count). The largest absolute Gasteiger partial charge is 0.369 e. The lowest BCUT2D eigenvalue weighted by Gasteiger charge is -2.13. The zero-order chi connectivity index (χ0) is 11.0. The second-order valence-electron chi connectivity index (χ2n) is 3.44. The maximum atomic E-state index is 11.3. The minimum absolute atomic E-state index is 0.0659. The van der Waals surface area contributed by atoms with Crippen LogP contribution in [0.2, 0.25) is 0 Å². The molecule has 3 heteroatoms. The van der Waals surface area contributed by atoms with Crippen LogP contribution >= 0.6 is 0 Å². The highest BCUT2D eigenvalue weighted by atomic mass is 16.5. The Balaban J connectivity index is 3.75. The van der Waals surface area contributed by atoms with Crippen molar-refractivity contribution in [2.75, 3.05) is 6.61 Å². The normalized spacial score (nSPS) is 12.2. The average molecular weight is 197 g/mol. The van der Waals surface area contributed by atoms with Crippen molar-refractivity contribution >= 4 is 5.91 Å². The molecule has 1 amide bonds. The van der Waals surface area contributed by atoms with Crippen LogP contribution in [0.4, 0.5) is 0 Å². The number of carbonyl (C=O) groups is 1. The number of terminal acetylenes is 1. The van der Waals surface area contributed by atoms with Gasteiger partial charge in [0.1, 0.15) is 6.61 Å². The first-order valence-electron chi connectivity index (χ1n) is 4.97. The van der Waals surface area contributed by atoms with E-state index in [1.54, 1.807) is 0 Å². The molecule has 0 aliphatic rings. The Kier molecular flexibility index (Phi) is 6.87. The van der Waals surface area contributed by atoms with E-state index < -0.39 is 0 Å². The van der Waals surface area contributed by atoms with Gasteiger partial charge >= 0.3 is 0 Å². The van der Waals surface area contributed by atoms with Crippen LogP contribution in [0.1, 0.15) is 33.6 Å². The molecule has 14 heavy (non-hydrogen) atoms. The van der Waals surface area contributed by atoms with Crippen LogP contribution in [0, 0.1) is 12.3 Å². The Morgan fingerprint density at radius 2 is 2.21 bits per heavy atom. The van der Waals surface area contributed by atoms with Gasteiger partial charge in [-0.05, 0) is 20.3 Å². The van der Waals surface area contributed by atoms with Gasteiger partial charge in [-0.1, -0.05) is 19.3 Å². The quantitative estimate of drug-likeness (QED) is 0.652. The predicted octanol–water partition coefficient (Wildman–Crippen LogP) is 1.33. The predicted molar refractivity (Wildman–Crippen MR) is 56.8 cm³/mol. The first-order chi connectivity index (χ1) is 6.60. The third-order valence-corrected chi connectivity index (χ3v) is 1.66. The summed E-state index contributed by atoms with van der Waals surface area (Å²) < 4.78 is 5.15. The molecular formula is C11H19NO2. The molecule has 0 radical (unpaired) electrons. The molecule has 0 saturated carbocycles. The number of carbonyl (C=O) groups excluding carboxylic acids is 1. The zero-order valence-corrected chi connectivity index (χ0v) is 9.17. The summed E-state index contributed by atoms with van der Waals surface area (Å²) in [5, 5.41) is 2.72. The highest BCUT2D eigenvalue weighted by Crippen LogP contribution is 1.95.